The van der Waals surface area contributed by atoms with Gasteiger partial charge in [-0.25, -0.2) is 0 Å². The molecule has 2 rings (SSSR count). The maximum absolute atomic E-state index is 10.9. The zero-order chi connectivity index (χ0) is 26.5. The first-order chi connectivity index (χ1) is 17.3. The Kier molecular flexibility index (Phi) is 15.1. The summed E-state index contributed by atoms with van der Waals surface area (Å²) < 4.78 is 24.2. The second kappa shape index (κ2) is 17.2. The summed E-state index contributed by atoms with van der Waals surface area (Å²) in [4.78, 5) is 0. The molecule has 0 aromatic carbocycles. The molecule has 0 radical (unpaired) electrons. The zero-order valence-electron chi connectivity index (χ0n) is 21.7. The molecule has 214 valence electrons. The van der Waals surface area contributed by atoms with Crippen molar-refractivity contribution >= 4 is 0 Å². The lowest BCUT2D eigenvalue weighted by molar-refractivity contribution is -0.296. The van der Waals surface area contributed by atoms with Gasteiger partial charge < -0.3 is 63.6 Å². The predicted octanol–water partition coefficient (Wildman–Crippen LogP) is -2.03. The van der Waals surface area contributed by atoms with Crippen LogP contribution in [0.4, 0.5) is 0 Å². The van der Waals surface area contributed by atoms with E-state index < -0.39 is 61.0 Å². The van der Waals surface area contributed by atoms with Crippen molar-refractivity contribution in [3.63, 3.8) is 0 Å². The third-order valence-electron chi connectivity index (χ3n) is 7.13. The highest BCUT2D eigenvalue weighted by molar-refractivity contribution is 5.00. The molecule has 1 saturated carbocycles. The molecule has 12 nitrogen and oxygen atoms in total. The summed E-state index contributed by atoms with van der Waals surface area (Å²) in [6.45, 7) is 2.35. The van der Waals surface area contributed by atoms with E-state index in [1.165, 1.54) is 0 Å². The maximum Gasteiger partial charge on any atom is 0.176 e. The molecule has 0 spiro atoms. The van der Waals surface area contributed by atoms with Crippen LogP contribution in [-0.4, -0.2) is 104 Å². The van der Waals surface area contributed by atoms with Crippen molar-refractivity contribution in [3.8, 4) is 0 Å². The summed E-state index contributed by atoms with van der Waals surface area (Å²) in [5.41, 5.74) is 35.8. The lowest BCUT2D eigenvalue weighted by Gasteiger charge is -2.47. The van der Waals surface area contributed by atoms with Crippen LogP contribution in [0.25, 0.3) is 0 Å². The first kappa shape index (κ1) is 31.7. The molecule has 1 saturated heterocycles. The van der Waals surface area contributed by atoms with Gasteiger partial charge in [0.15, 0.2) is 6.29 Å². The Morgan fingerprint density at radius 2 is 1.22 bits per heavy atom. The summed E-state index contributed by atoms with van der Waals surface area (Å²) >= 11 is 0. The van der Waals surface area contributed by atoms with Crippen LogP contribution in [-0.2, 0) is 18.9 Å². The minimum Gasteiger partial charge on any atom is -0.389 e. The molecule has 1 heterocycles. The number of aliphatic hydroxyl groups excluding tert-OH is 2. The number of hydrogen-bond acceptors (Lipinski definition) is 12. The monoisotopic (exact) mass is 520 g/mol. The van der Waals surface area contributed by atoms with Gasteiger partial charge in [-0.2, -0.15) is 0 Å². The fraction of sp³-hybridized carbons (Fsp3) is 1.00. The van der Waals surface area contributed by atoms with Crippen LogP contribution in [0.1, 0.15) is 57.8 Å². The first-order valence-electron chi connectivity index (χ1n) is 13.6. The van der Waals surface area contributed by atoms with E-state index in [2.05, 4.69) is 0 Å². The normalized spacial score (nSPS) is 37.3. The van der Waals surface area contributed by atoms with E-state index in [1.54, 1.807) is 0 Å². The van der Waals surface area contributed by atoms with E-state index in [4.69, 9.17) is 53.3 Å². The molecule has 1 aliphatic carbocycles. The van der Waals surface area contributed by atoms with Crippen LogP contribution >= 0.6 is 0 Å². The Morgan fingerprint density at radius 3 is 1.78 bits per heavy atom. The van der Waals surface area contributed by atoms with E-state index in [1.807, 2.05) is 0 Å². The van der Waals surface area contributed by atoms with Crippen molar-refractivity contribution in [2.75, 3.05) is 32.8 Å². The van der Waals surface area contributed by atoms with Gasteiger partial charge in [0.25, 0.3) is 0 Å². The molecule has 0 aromatic heterocycles. The Bertz CT molecular complexity index is 579. The summed E-state index contributed by atoms with van der Waals surface area (Å²) in [6, 6.07) is -1.93. The zero-order valence-corrected chi connectivity index (χ0v) is 21.7. The molecular weight excluding hydrogens is 468 g/mol. The quantitative estimate of drug-likeness (QED) is 0.0970. The van der Waals surface area contributed by atoms with E-state index in [-0.39, 0.29) is 6.54 Å². The molecule has 10 atom stereocenters. The Labute approximate surface area is 215 Å². The van der Waals surface area contributed by atoms with Crippen molar-refractivity contribution in [1.29, 1.82) is 0 Å². The minimum absolute atomic E-state index is 0.119. The number of rotatable bonds is 17. The van der Waals surface area contributed by atoms with Crippen LogP contribution in [0.3, 0.4) is 0 Å². The lowest BCUT2D eigenvalue weighted by Crippen LogP contribution is -2.68. The van der Waals surface area contributed by atoms with Crippen molar-refractivity contribution in [2.24, 2.45) is 34.4 Å². The van der Waals surface area contributed by atoms with Crippen LogP contribution in [0.2, 0.25) is 0 Å². The van der Waals surface area contributed by atoms with E-state index >= 15 is 0 Å². The van der Waals surface area contributed by atoms with Crippen molar-refractivity contribution in [3.05, 3.63) is 0 Å². The van der Waals surface area contributed by atoms with E-state index in [0.717, 1.165) is 51.4 Å². The van der Waals surface area contributed by atoms with Gasteiger partial charge in [0.1, 0.15) is 30.5 Å². The van der Waals surface area contributed by atoms with E-state index in [9.17, 15) is 10.2 Å². The molecule has 36 heavy (non-hydrogen) atoms. The predicted molar refractivity (Wildman–Crippen MR) is 138 cm³/mol. The van der Waals surface area contributed by atoms with Crippen molar-refractivity contribution in [2.45, 2.75) is 119 Å². The molecule has 12 heteroatoms. The molecule has 0 bridgehead atoms. The van der Waals surface area contributed by atoms with Gasteiger partial charge in [-0.05, 0) is 45.2 Å². The van der Waals surface area contributed by atoms with Crippen LogP contribution < -0.4 is 34.4 Å². The number of hydrogen-bond donors (Lipinski definition) is 8. The molecule has 0 unspecified atom stereocenters. The lowest BCUT2D eigenvalue weighted by atomic mass is 9.84. The second-order valence-electron chi connectivity index (χ2n) is 10.1. The Hall–Kier alpha value is -0.480. The fourth-order valence-corrected chi connectivity index (χ4v) is 4.89. The molecule has 0 aromatic rings. The van der Waals surface area contributed by atoms with Crippen molar-refractivity contribution < 1.29 is 29.2 Å². The highest BCUT2D eigenvalue weighted by Gasteiger charge is 2.49. The van der Waals surface area contributed by atoms with Crippen molar-refractivity contribution in [1.82, 2.24) is 0 Å². The number of aliphatic hydroxyl groups is 2. The van der Waals surface area contributed by atoms with Gasteiger partial charge in [-0.3, -0.25) is 0 Å². The fourth-order valence-electron chi connectivity index (χ4n) is 4.89. The maximum atomic E-state index is 10.9. The second-order valence-corrected chi connectivity index (χ2v) is 10.1. The van der Waals surface area contributed by atoms with Gasteiger partial charge >= 0.3 is 0 Å². The summed E-state index contributed by atoms with van der Waals surface area (Å²) in [6.07, 6.45) is 2.24. The van der Waals surface area contributed by atoms with Gasteiger partial charge in [0.05, 0.1) is 12.1 Å². The molecule has 1 aliphatic heterocycles. The summed E-state index contributed by atoms with van der Waals surface area (Å²) in [5, 5.41) is 21.7. The Morgan fingerprint density at radius 1 is 0.667 bits per heavy atom. The average Bonchev–Trinajstić information content (AvgIpc) is 2.86. The van der Waals surface area contributed by atoms with Gasteiger partial charge in [-0.15, -0.1) is 0 Å². The molecule has 2 fully saturated rings. The summed E-state index contributed by atoms with van der Waals surface area (Å²) in [5.74, 6) is 0. The molecular formula is C24H52N6O6. The van der Waals surface area contributed by atoms with Gasteiger partial charge in [-0.1, -0.05) is 25.7 Å². The summed E-state index contributed by atoms with van der Waals surface area (Å²) in [7, 11) is 0. The third-order valence-corrected chi connectivity index (χ3v) is 7.13. The van der Waals surface area contributed by atoms with Crippen LogP contribution in [0.15, 0.2) is 0 Å². The van der Waals surface area contributed by atoms with E-state index in [0.29, 0.717) is 32.7 Å². The van der Waals surface area contributed by atoms with Gasteiger partial charge in [0, 0.05) is 31.8 Å². The molecule has 0 amide bonds. The smallest absolute Gasteiger partial charge is 0.176 e. The highest BCUT2D eigenvalue weighted by Crippen LogP contribution is 2.29. The standard InChI is InChI=1S/C24H52N6O6/c25-9-5-1-3-7-11-33-22-17(14-27)35-24(18(30)20(22)32)36-21-16(29)13-15(28)19(31)23(21)34-12-8-4-2-6-10-26/h15-24,31-32H,1-14,25-30H2/t15-,16+,17-,18-,19+,20-,21-,22-,23-,24-/m1/s1. The van der Waals surface area contributed by atoms with Crippen LogP contribution in [0.5, 0.6) is 0 Å². The first-order valence-corrected chi connectivity index (χ1v) is 13.6. The number of unbranched alkanes of at least 4 members (excludes halogenated alkanes) is 6. The highest BCUT2D eigenvalue weighted by atomic mass is 16.7. The third kappa shape index (κ3) is 9.37. The van der Waals surface area contributed by atoms with Gasteiger partial charge in [0.2, 0.25) is 0 Å². The topological polar surface area (TPSA) is 234 Å². The average molecular weight is 521 g/mol. The number of ether oxygens (including phenoxy) is 4. The minimum atomic E-state index is -1.05. The van der Waals surface area contributed by atoms with Crippen LogP contribution in [0, 0.1) is 0 Å². The SMILES string of the molecule is NCCCCCCO[C@@H]1[C@@H](O)[C@H](N)C[C@H](N)[C@H]1O[C@H]1O[C@H](CN)[C@@H](OCCCCCCN)[C@H](O)[C@H]1N. The molecule has 2 aliphatic rings. The largest absolute Gasteiger partial charge is 0.389 e. The molecule has 14 N–H and O–H groups in total. The number of nitrogens with two attached hydrogens (primary N) is 6. The Balaban J connectivity index is 1.96.